The Morgan fingerprint density at radius 3 is 2.38 bits per heavy atom. The van der Waals surface area contributed by atoms with Gasteiger partial charge in [-0.05, 0) is 66.4 Å². The van der Waals surface area contributed by atoms with E-state index in [1.807, 2.05) is 68.4 Å². The predicted octanol–water partition coefficient (Wildman–Crippen LogP) is 6.10. The highest BCUT2D eigenvalue weighted by Crippen LogP contribution is 2.41. The van der Waals surface area contributed by atoms with Crippen LogP contribution in [0.4, 0.5) is 0 Å². The summed E-state index contributed by atoms with van der Waals surface area (Å²) in [6.45, 7) is 4.33. The monoisotopic (exact) mass is 493 g/mol. The van der Waals surface area contributed by atoms with Gasteiger partial charge in [-0.2, -0.15) is 0 Å². The van der Waals surface area contributed by atoms with E-state index in [2.05, 4.69) is 0 Å². The lowest BCUT2D eigenvalue weighted by atomic mass is 9.92. The van der Waals surface area contributed by atoms with Crippen LogP contribution in [0, 0.1) is 13.8 Å². The van der Waals surface area contributed by atoms with E-state index in [1.54, 1.807) is 30.3 Å². The first-order chi connectivity index (χ1) is 17.9. The van der Waals surface area contributed by atoms with Gasteiger partial charge in [-0.15, -0.1) is 0 Å². The molecule has 3 aromatic carbocycles. The molecule has 0 saturated carbocycles. The maximum Gasteiger partial charge on any atom is 0.296 e. The molecule has 0 bridgehead atoms. The Morgan fingerprint density at radius 2 is 1.68 bits per heavy atom. The number of Topliss-reactive ketones (excluding diaryl/α,β-unsaturated/α-hetero) is 1. The number of nitrogens with zero attached hydrogens (tertiary/aromatic N) is 1. The second-order valence-corrected chi connectivity index (χ2v) is 9.12. The molecule has 1 amide bonds. The fraction of sp³-hybridized carbons (Fsp3) is 0.161. The number of ketones is 1. The number of ether oxygens (including phenoxy) is 1. The summed E-state index contributed by atoms with van der Waals surface area (Å²) in [6, 6.07) is 25.4. The molecule has 1 aromatic heterocycles. The summed E-state index contributed by atoms with van der Waals surface area (Å²) in [4.78, 5) is 27.9. The molecule has 0 radical (unpaired) electrons. The molecule has 5 rings (SSSR count). The second kappa shape index (κ2) is 10.2. The molecule has 37 heavy (non-hydrogen) atoms. The molecular weight excluding hydrogens is 466 g/mol. The van der Waals surface area contributed by atoms with Crippen molar-refractivity contribution in [2.75, 3.05) is 0 Å². The average molecular weight is 494 g/mol. The largest absolute Gasteiger partial charge is 0.507 e. The Labute approximate surface area is 215 Å². The SMILES string of the molecule is Cc1cc(/C(O)=C2\C(=O)C(=O)N(Cc3ccco3)C2c2ccccc2C)ccc1OCc1ccccc1. The third kappa shape index (κ3) is 4.78. The normalized spacial score (nSPS) is 16.8. The molecule has 1 aliphatic rings. The van der Waals surface area contributed by atoms with Gasteiger partial charge in [-0.25, -0.2) is 0 Å². The lowest BCUT2D eigenvalue weighted by Crippen LogP contribution is -2.29. The lowest BCUT2D eigenvalue weighted by molar-refractivity contribution is -0.140. The second-order valence-electron chi connectivity index (χ2n) is 9.12. The van der Waals surface area contributed by atoms with Crippen molar-refractivity contribution >= 4 is 17.4 Å². The van der Waals surface area contributed by atoms with E-state index < -0.39 is 17.7 Å². The van der Waals surface area contributed by atoms with Crippen molar-refractivity contribution in [3.63, 3.8) is 0 Å². The number of amides is 1. The van der Waals surface area contributed by atoms with Crippen molar-refractivity contribution in [1.82, 2.24) is 4.90 Å². The summed E-state index contributed by atoms with van der Waals surface area (Å²) >= 11 is 0. The van der Waals surface area contributed by atoms with Gasteiger partial charge in [-0.1, -0.05) is 54.6 Å². The van der Waals surface area contributed by atoms with E-state index in [0.29, 0.717) is 23.7 Å². The minimum atomic E-state index is -0.749. The van der Waals surface area contributed by atoms with Gasteiger partial charge in [-0.3, -0.25) is 9.59 Å². The van der Waals surface area contributed by atoms with E-state index in [1.165, 1.54) is 11.2 Å². The number of hydrogen-bond acceptors (Lipinski definition) is 5. The average Bonchev–Trinajstić information content (AvgIpc) is 3.51. The lowest BCUT2D eigenvalue weighted by Gasteiger charge is -2.25. The third-order valence-electron chi connectivity index (χ3n) is 6.61. The van der Waals surface area contributed by atoms with Crippen LogP contribution in [0.2, 0.25) is 0 Å². The number of aliphatic hydroxyl groups excluding tert-OH is 1. The van der Waals surface area contributed by atoms with Gasteiger partial charge in [0.05, 0.1) is 24.4 Å². The van der Waals surface area contributed by atoms with Crippen LogP contribution in [0.1, 0.15) is 39.6 Å². The molecule has 0 spiro atoms. The molecule has 1 atom stereocenters. The quantitative estimate of drug-likeness (QED) is 0.191. The number of benzene rings is 3. The van der Waals surface area contributed by atoms with Crippen LogP contribution in [-0.2, 0) is 22.7 Å². The smallest absolute Gasteiger partial charge is 0.296 e. The first-order valence-corrected chi connectivity index (χ1v) is 12.1. The van der Waals surface area contributed by atoms with Gasteiger partial charge in [0.1, 0.15) is 23.9 Å². The zero-order chi connectivity index (χ0) is 25.9. The Balaban J connectivity index is 1.52. The molecule has 4 aromatic rings. The zero-order valence-electron chi connectivity index (χ0n) is 20.7. The number of aliphatic hydroxyl groups is 1. The fourth-order valence-corrected chi connectivity index (χ4v) is 4.68. The van der Waals surface area contributed by atoms with Gasteiger partial charge in [0.25, 0.3) is 11.7 Å². The predicted molar refractivity (Wildman–Crippen MR) is 140 cm³/mol. The molecule has 0 aliphatic carbocycles. The van der Waals surface area contributed by atoms with Crippen molar-refractivity contribution in [3.05, 3.63) is 130 Å². The molecule has 1 unspecified atom stereocenters. The molecule has 1 fully saturated rings. The zero-order valence-corrected chi connectivity index (χ0v) is 20.7. The molecule has 186 valence electrons. The Kier molecular flexibility index (Phi) is 6.64. The van der Waals surface area contributed by atoms with Crippen LogP contribution in [0.25, 0.3) is 5.76 Å². The first kappa shape index (κ1) is 24.1. The third-order valence-corrected chi connectivity index (χ3v) is 6.61. The summed E-state index contributed by atoms with van der Waals surface area (Å²) < 4.78 is 11.4. The highest BCUT2D eigenvalue weighted by Gasteiger charge is 2.46. The van der Waals surface area contributed by atoms with Gasteiger partial charge in [0.2, 0.25) is 0 Å². The molecular formula is C31H27NO5. The summed E-state index contributed by atoms with van der Waals surface area (Å²) in [6.07, 6.45) is 1.53. The molecule has 2 heterocycles. The van der Waals surface area contributed by atoms with Crippen LogP contribution in [0.5, 0.6) is 5.75 Å². The van der Waals surface area contributed by atoms with Crippen LogP contribution >= 0.6 is 0 Å². The summed E-state index contributed by atoms with van der Waals surface area (Å²) in [5.41, 5.74) is 4.03. The number of rotatable bonds is 7. The minimum Gasteiger partial charge on any atom is -0.507 e. The Morgan fingerprint density at radius 1 is 0.919 bits per heavy atom. The van der Waals surface area contributed by atoms with Crippen LogP contribution < -0.4 is 4.74 Å². The first-order valence-electron chi connectivity index (χ1n) is 12.1. The number of aryl methyl sites for hydroxylation is 2. The maximum absolute atomic E-state index is 13.3. The molecule has 1 N–H and O–H groups in total. The number of carbonyl (C=O) groups is 2. The molecule has 6 heteroatoms. The topological polar surface area (TPSA) is 80.0 Å². The highest BCUT2D eigenvalue weighted by atomic mass is 16.5. The van der Waals surface area contributed by atoms with E-state index in [4.69, 9.17) is 9.15 Å². The van der Waals surface area contributed by atoms with E-state index in [-0.39, 0.29) is 17.9 Å². The van der Waals surface area contributed by atoms with Crippen molar-refractivity contribution in [2.45, 2.75) is 33.0 Å². The number of furan rings is 1. The molecule has 1 saturated heterocycles. The van der Waals surface area contributed by atoms with E-state index in [9.17, 15) is 14.7 Å². The van der Waals surface area contributed by atoms with Crippen LogP contribution in [0.15, 0.2) is 101 Å². The van der Waals surface area contributed by atoms with Crippen LogP contribution in [-0.4, -0.2) is 21.7 Å². The van der Waals surface area contributed by atoms with Gasteiger partial charge in [0.15, 0.2) is 0 Å². The van der Waals surface area contributed by atoms with Crippen molar-refractivity contribution in [3.8, 4) is 5.75 Å². The summed E-state index contributed by atoms with van der Waals surface area (Å²) in [7, 11) is 0. The fourth-order valence-electron chi connectivity index (χ4n) is 4.68. The summed E-state index contributed by atoms with van der Waals surface area (Å²) in [5.74, 6) is -0.387. The minimum absolute atomic E-state index is 0.0585. The van der Waals surface area contributed by atoms with Gasteiger partial charge < -0.3 is 19.2 Å². The van der Waals surface area contributed by atoms with Crippen molar-refractivity contribution in [2.24, 2.45) is 0 Å². The van der Waals surface area contributed by atoms with Gasteiger partial charge in [0, 0.05) is 5.56 Å². The standard InChI is InChI=1S/C31H27NO5/c1-20-9-6-7-13-25(20)28-27(30(34)31(35)32(28)18-24-12-8-16-36-24)29(33)23-14-15-26(21(2)17-23)37-19-22-10-4-3-5-11-22/h3-17,28,33H,18-19H2,1-2H3/b29-27+. The Bertz CT molecular complexity index is 1470. The maximum atomic E-state index is 13.3. The van der Waals surface area contributed by atoms with Crippen LogP contribution in [0.3, 0.4) is 0 Å². The Hall–Kier alpha value is -4.58. The number of carbonyl (C=O) groups excluding carboxylic acids is 2. The molecule has 1 aliphatic heterocycles. The number of hydrogen-bond donors (Lipinski definition) is 1. The summed E-state index contributed by atoms with van der Waals surface area (Å²) in [5, 5.41) is 11.4. The highest BCUT2D eigenvalue weighted by molar-refractivity contribution is 6.46. The van der Waals surface area contributed by atoms with Crippen molar-refractivity contribution < 1.29 is 23.8 Å². The van der Waals surface area contributed by atoms with Gasteiger partial charge >= 0.3 is 0 Å². The van der Waals surface area contributed by atoms with Crippen molar-refractivity contribution in [1.29, 1.82) is 0 Å². The van der Waals surface area contributed by atoms with E-state index >= 15 is 0 Å². The number of likely N-dealkylation sites (tertiary alicyclic amines) is 1. The van der Waals surface area contributed by atoms with E-state index in [0.717, 1.165) is 22.3 Å². The molecule has 6 nitrogen and oxygen atoms in total.